The molecule has 1 aliphatic heterocycles. The van der Waals surface area contributed by atoms with Gasteiger partial charge in [-0.3, -0.25) is 14.5 Å². The summed E-state index contributed by atoms with van der Waals surface area (Å²) in [4.78, 5) is 32.1. The second-order valence-electron chi connectivity index (χ2n) is 9.92. The van der Waals surface area contributed by atoms with Crippen LogP contribution in [-0.2, 0) is 9.59 Å². The molecule has 1 saturated heterocycles. The van der Waals surface area contributed by atoms with Crippen molar-refractivity contribution in [3.05, 3.63) is 100 Å². The molecule has 1 atom stereocenters. The molecule has 37 heavy (non-hydrogen) atoms. The van der Waals surface area contributed by atoms with Gasteiger partial charge in [0.15, 0.2) is 0 Å². The lowest BCUT2D eigenvalue weighted by molar-refractivity contribution is -0.132. The molecule has 1 amide bonds. The summed E-state index contributed by atoms with van der Waals surface area (Å²) in [7, 11) is 0. The highest BCUT2D eigenvalue weighted by molar-refractivity contribution is 6.52. The maximum atomic E-state index is 13.6. The van der Waals surface area contributed by atoms with Gasteiger partial charge in [0.25, 0.3) is 11.7 Å². The van der Waals surface area contributed by atoms with Crippen LogP contribution < -0.4 is 9.64 Å². The van der Waals surface area contributed by atoms with Gasteiger partial charge in [-0.15, -0.1) is 0 Å². The number of aliphatic hydroxyl groups excluding tert-OH is 1. The number of H-pyrrole nitrogens is 1. The summed E-state index contributed by atoms with van der Waals surface area (Å²) in [5, 5.41) is 12.4. The first kappa shape index (κ1) is 24.4. The number of rotatable bonds is 5. The number of para-hydroxylation sites is 1. The molecular formula is C31H30N2O4. The van der Waals surface area contributed by atoms with Gasteiger partial charge in [-0.25, -0.2) is 0 Å². The van der Waals surface area contributed by atoms with E-state index in [1.54, 1.807) is 24.3 Å². The molecule has 0 aliphatic carbocycles. The fraction of sp³-hybridized carbons (Fsp3) is 0.226. The Labute approximate surface area is 216 Å². The Balaban J connectivity index is 1.75. The van der Waals surface area contributed by atoms with Gasteiger partial charge < -0.3 is 14.8 Å². The van der Waals surface area contributed by atoms with Crippen molar-refractivity contribution in [2.45, 2.75) is 46.8 Å². The van der Waals surface area contributed by atoms with Crippen LogP contribution >= 0.6 is 0 Å². The van der Waals surface area contributed by atoms with Crippen LogP contribution in [0.3, 0.4) is 0 Å². The van der Waals surface area contributed by atoms with Crippen molar-refractivity contribution in [3.63, 3.8) is 0 Å². The maximum Gasteiger partial charge on any atom is 0.300 e. The van der Waals surface area contributed by atoms with E-state index < -0.39 is 17.7 Å². The van der Waals surface area contributed by atoms with Crippen LogP contribution in [-0.4, -0.2) is 27.9 Å². The molecule has 2 heterocycles. The number of ether oxygens (including phenoxy) is 1. The quantitative estimate of drug-likeness (QED) is 0.188. The first-order chi connectivity index (χ1) is 17.7. The molecule has 5 rings (SSSR count). The molecular weight excluding hydrogens is 464 g/mol. The number of aliphatic hydroxyl groups is 1. The van der Waals surface area contributed by atoms with E-state index in [0.717, 1.165) is 33.3 Å². The zero-order valence-electron chi connectivity index (χ0n) is 21.6. The number of hydrogen-bond acceptors (Lipinski definition) is 4. The van der Waals surface area contributed by atoms with Crippen molar-refractivity contribution < 1.29 is 19.4 Å². The summed E-state index contributed by atoms with van der Waals surface area (Å²) in [5.41, 5.74) is 5.60. The number of aromatic amines is 1. The number of fused-ring (bicyclic) bond motifs is 1. The molecule has 0 radical (unpaired) electrons. The first-order valence-corrected chi connectivity index (χ1v) is 12.4. The zero-order chi connectivity index (χ0) is 26.4. The number of ketones is 1. The van der Waals surface area contributed by atoms with Crippen LogP contribution in [0.25, 0.3) is 16.7 Å². The minimum atomic E-state index is -0.802. The van der Waals surface area contributed by atoms with Gasteiger partial charge in [0, 0.05) is 33.4 Å². The van der Waals surface area contributed by atoms with Gasteiger partial charge in [-0.05, 0) is 88.2 Å². The lowest BCUT2D eigenvalue weighted by Crippen LogP contribution is -2.29. The summed E-state index contributed by atoms with van der Waals surface area (Å²) in [6.07, 6.45) is 0.00686. The molecule has 6 heteroatoms. The minimum Gasteiger partial charge on any atom is -0.507 e. The number of benzene rings is 3. The highest BCUT2D eigenvalue weighted by Crippen LogP contribution is 2.45. The number of carbonyl (C=O) groups excluding carboxylic acids is 2. The first-order valence-electron chi connectivity index (χ1n) is 12.4. The maximum absolute atomic E-state index is 13.6. The largest absolute Gasteiger partial charge is 0.507 e. The second-order valence-corrected chi connectivity index (χ2v) is 9.92. The monoisotopic (exact) mass is 494 g/mol. The molecule has 2 N–H and O–H groups in total. The molecule has 0 saturated carbocycles. The van der Waals surface area contributed by atoms with Crippen LogP contribution in [0.4, 0.5) is 5.69 Å². The van der Waals surface area contributed by atoms with E-state index in [-0.39, 0.29) is 17.4 Å². The summed E-state index contributed by atoms with van der Waals surface area (Å²) in [6.45, 7) is 9.71. The standard InChI is InChI=1S/C31H30N2O4/c1-17(2)37-23-12-10-21(11-13-23)29(34)27-28(26-20(5)32-25-9-7-6-8-24(25)26)33(31(36)30(27)35)22-15-18(3)14-19(4)16-22/h6-17,28,32,34H,1-5H3/b29-27+. The predicted octanol–water partition coefficient (Wildman–Crippen LogP) is 6.51. The molecule has 4 aromatic rings. The topological polar surface area (TPSA) is 82.6 Å². The van der Waals surface area contributed by atoms with Crippen LogP contribution in [0.1, 0.15) is 47.8 Å². The van der Waals surface area contributed by atoms with Gasteiger partial charge >= 0.3 is 0 Å². The normalized spacial score (nSPS) is 17.2. The molecule has 1 unspecified atom stereocenters. The number of aromatic nitrogens is 1. The average molecular weight is 495 g/mol. The minimum absolute atomic E-state index is 0.00686. The van der Waals surface area contributed by atoms with E-state index in [9.17, 15) is 14.7 Å². The molecule has 3 aromatic carbocycles. The van der Waals surface area contributed by atoms with E-state index in [1.165, 1.54) is 4.90 Å². The van der Waals surface area contributed by atoms with E-state index in [2.05, 4.69) is 4.98 Å². The van der Waals surface area contributed by atoms with Gasteiger partial charge in [-0.1, -0.05) is 24.3 Å². The van der Waals surface area contributed by atoms with E-state index in [0.29, 0.717) is 17.0 Å². The van der Waals surface area contributed by atoms with Gasteiger partial charge in [0.2, 0.25) is 0 Å². The third-order valence-electron chi connectivity index (χ3n) is 6.65. The smallest absolute Gasteiger partial charge is 0.300 e. The predicted molar refractivity (Wildman–Crippen MR) is 146 cm³/mol. The fourth-order valence-electron chi connectivity index (χ4n) is 5.23. The summed E-state index contributed by atoms with van der Waals surface area (Å²) >= 11 is 0. The SMILES string of the molecule is Cc1cc(C)cc(N2C(=O)C(=O)/C(=C(/O)c3ccc(OC(C)C)cc3)C2c2c(C)[nH]c3ccccc23)c1. The number of nitrogens with one attached hydrogen (secondary N) is 1. The van der Waals surface area contributed by atoms with Gasteiger partial charge in [0.1, 0.15) is 11.5 Å². The molecule has 0 bridgehead atoms. The van der Waals surface area contributed by atoms with Crippen LogP contribution in [0.15, 0.2) is 72.3 Å². The van der Waals surface area contributed by atoms with Crippen LogP contribution in [0.2, 0.25) is 0 Å². The number of amides is 1. The molecule has 1 fully saturated rings. The third-order valence-corrected chi connectivity index (χ3v) is 6.65. The number of nitrogens with zero attached hydrogens (tertiary/aromatic N) is 1. The second kappa shape index (κ2) is 9.28. The Kier molecular flexibility index (Phi) is 6.12. The van der Waals surface area contributed by atoms with Crippen LogP contribution in [0, 0.1) is 20.8 Å². The van der Waals surface area contributed by atoms with Gasteiger partial charge in [-0.2, -0.15) is 0 Å². The highest BCUT2D eigenvalue weighted by atomic mass is 16.5. The third kappa shape index (κ3) is 4.29. The number of anilines is 1. The van der Waals surface area contributed by atoms with E-state index in [1.807, 2.05) is 77.1 Å². The Morgan fingerprint density at radius 2 is 1.59 bits per heavy atom. The highest BCUT2D eigenvalue weighted by Gasteiger charge is 2.48. The van der Waals surface area contributed by atoms with Crippen LogP contribution in [0.5, 0.6) is 5.75 Å². The summed E-state index contributed by atoms with van der Waals surface area (Å²) < 4.78 is 5.72. The summed E-state index contributed by atoms with van der Waals surface area (Å²) in [5.74, 6) is -0.933. The Morgan fingerprint density at radius 1 is 0.946 bits per heavy atom. The average Bonchev–Trinajstić information content (AvgIpc) is 3.30. The van der Waals surface area contributed by atoms with E-state index >= 15 is 0 Å². The Morgan fingerprint density at radius 3 is 2.24 bits per heavy atom. The van der Waals surface area contributed by atoms with Gasteiger partial charge in [0.05, 0.1) is 17.7 Å². The van der Waals surface area contributed by atoms with Crippen molar-refractivity contribution in [1.29, 1.82) is 0 Å². The molecule has 1 aliphatic rings. The van der Waals surface area contributed by atoms with E-state index in [4.69, 9.17) is 4.74 Å². The van der Waals surface area contributed by atoms with Crippen molar-refractivity contribution in [2.75, 3.05) is 4.90 Å². The van der Waals surface area contributed by atoms with Crippen molar-refractivity contribution >= 4 is 34.0 Å². The number of hydrogen-bond donors (Lipinski definition) is 2. The molecule has 6 nitrogen and oxygen atoms in total. The van der Waals surface area contributed by atoms with Crippen molar-refractivity contribution in [3.8, 4) is 5.75 Å². The molecule has 1 aromatic heterocycles. The number of carbonyl (C=O) groups is 2. The molecule has 0 spiro atoms. The van der Waals surface area contributed by atoms with Crippen molar-refractivity contribution in [2.24, 2.45) is 0 Å². The lowest BCUT2D eigenvalue weighted by Gasteiger charge is -2.26. The lowest BCUT2D eigenvalue weighted by atomic mass is 9.93. The Hall–Kier alpha value is -4.32. The number of aryl methyl sites for hydroxylation is 3. The fourth-order valence-corrected chi connectivity index (χ4v) is 5.23. The Bertz CT molecular complexity index is 1540. The molecule has 188 valence electrons. The van der Waals surface area contributed by atoms with Crippen molar-refractivity contribution in [1.82, 2.24) is 4.98 Å². The summed E-state index contributed by atoms with van der Waals surface area (Å²) in [6, 6.07) is 19.7. The zero-order valence-corrected chi connectivity index (χ0v) is 21.6. The number of Topliss-reactive ketones (excluding diaryl/α,β-unsaturated/α-hetero) is 1.